The Morgan fingerprint density at radius 1 is 1.27 bits per heavy atom. The molecule has 1 atom stereocenters. The highest BCUT2D eigenvalue weighted by atomic mass is 19.1. The van der Waals surface area contributed by atoms with Crippen LogP contribution in [-0.2, 0) is 6.54 Å². The van der Waals surface area contributed by atoms with E-state index in [1.807, 2.05) is 18.9 Å². The van der Waals surface area contributed by atoms with E-state index in [1.165, 1.54) is 24.3 Å². The minimum absolute atomic E-state index is 0.0174. The first-order valence-corrected chi connectivity index (χ1v) is 7.97. The lowest BCUT2D eigenvalue weighted by Crippen LogP contribution is -2.22. The molecule has 2 aromatic carbocycles. The number of benzene rings is 2. The molecule has 0 amide bonds. The highest BCUT2D eigenvalue weighted by Crippen LogP contribution is 2.23. The van der Waals surface area contributed by atoms with Crippen LogP contribution >= 0.6 is 0 Å². The Kier molecular flexibility index (Phi) is 5.04. The Labute approximate surface area is 149 Å². The Morgan fingerprint density at radius 3 is 2.69 bits per heavy atom. The summed E-state index contributed by atoms with van der Waals surface area (Å²) >= 11 is 0. The number of nitro benzene ring substituents is 1. The second-order valence-corrected chi connectivity index (χ2v) is 5.96. The average molecular weight is 356 g/mol. The Balaban J connectivity index is 1.72. The van der Waals surface area contributed by atoms with E-state index in [1.54, 1.807) is 24.3 Å². The molecule has 134 valence electrons. The number of hydrogen-bond acceptors (Lipinski definition) is 6. The van der Waals surface area contributed by atoms with Crippen molar-refractivity contribution in [3.63, 3.8) is 0 Å². The van der Waals surface area contributed by atoms with Gasteiger partial charge >= 0.3 is 0 Å². The molecule has 0 saturated heterocycles. The van der Waals surface area contributed by atoms with E-state index in [9.17, 15) is 14.5 Å². The van der Waals surface area contributed by atoms with Crippen molar-refractivity contribution in [1.82, 2.24) is 15.0 Å². The number of rotatable bonds is 6. The fourth-order valence-corrected chi connectivity index (χ4v) is 2.54. The van der Waals surface area contributed by atoms with Crippen LogP contribution in [0.25, 0.3) is 11.4 Å². The monoisotopic (exact) mass is 356 g/mol. The van der Waals surface area contributed by atoms with Gasteiger partial charge in [0, 0.05) is 23.7 Å². The van der Waals surface area contributed by atoms with Gasteiger partial charge in [-0.3, -0.25) is 15.0 Å². The molecular formula is C18H17FN4O3. The van der Waals surface area contributed by atoms with Gasteiger partial charge in [-0.2, -0.15) is 4.98 Å². The molecule has 3 aromatic rings. The van der Waals surface area contributed by atoms with E-state index < -0.39 is 4.92 Å². The zero-order chi connectivity index (χ0) is 18.7. The minimum Gasteiger partial charge on any atom is -0.338 e. The number of nitrogens with zero attached hydrogens (tertiary/aromatic N) is 4. The van der Waals surface area contributed by atoms with Crippen molar-refractivity contribution in [1.29, 1.82) is 0 Å². The summed E-state index contributed by atoms with van der Waals surface area (Å²) < 4.78 is 18.3. The normalized spacial score (nSPS) is 12.3. The molecule has 26 heavy (non-hydrogen) atoms. The third-order valence-electron chi connectivity index (χ3n) is 4.18. The molecule has 0 spiro atoms. The molecule has 0 aliphatic heterocycles. The number of non-ortho nitro benzene ring substituents is 1. The van der Waals surface area contributed by atoms with Crippen molar-refractivity contribution in [3.8, 4) is 11.4 Å². The molecule has 7 nitrogen and oxygen atoms in total. The summed E-state index contributed by atoms with van der Waals surface area (Å²) in [5.41, 5.74) is 1.45. The van der Waals surface area contributed by atoms with Crippen molar-refractivity contribution in [2.45, 2.75) is 19.5 Å². The quantitative estimate of drug-likeness (QED) is 0.491. The number of hydrogen-bond donors (Lipinski definition) is 0. The van der Waals surface area contributed by atoms with Crippen molar-refractivity contribution >= 4 is 5.69 Å². The molecule has 1 aromatic heterocycles. The standard InChI is InChI=1S/C18H17FN4O3/c1-12(13-6-8-15(19)9-7-13)22(2)11-17-20-18(21-26-17)14-4-3-5-16(10-14)23(24)25/h3-10,12H,11H2,1-2H3. The predicted octanol–water partition coefficient (Wildman–Crippen LogP) is 3.98. The molecular weight excluding hydrogens is 339 g/mol. The van der Waals surface area contributed by atoms with Gasteiger partial charge in [-0.05, 0) is 31.7 Å². The highest BCUT2D eigenvalue weighted by Gasteiger charge is 2.17. The van der Waals surface area contributed by atoms with E-state index in [0.29, 0.717) is 23.8 Å². The highest BCUT2D eigenvalue weighted by molar-refractivity contribution is 5.58. The van der Waals surface area contributed by atoms with Crippen LogP contribution in [0.5, 0.6) is 0 Å². The van der Waals surface area contributed by atoms with Crippen LogP contribution in [0.2, 0.25) is 0 Å². The van der Waals surface area contributed by atoms with Crippen LogP contribution in [0, 0.1) is 15.9 Å². The maximum absolute atomic E-state index is 13.1. The Morgan fingerprint density at radius 2 is 2.00 bits per heavy atom. The van der Waals surface area contributed by atoms with E-state index in [0.717, 1.165) is 5.56 Å². The van der Waals surface area contributed by atoms with E-state index in [4.69, 9.17) is 4.52 Å². The van der Waals surface area contributed by atoms with Gasteiger partial charge in [0.15, 0.2) is 0 Å². The number of nitro groups is 1. The van der Waals surface area contributed by atoms with Crippen LogP contribution in [-0.4, -0.2) is 27.0 Å². The second kappa shape index (κ2) is 7.40. The second-order valence-electron chi connectivity index (χ2n) is 5.96. The summed E-state index contributed by atoms with van der Waals surface area (Å²) in [7, 11) is 1.89. The van der Waals surface area contributed by atoms with Crippen LogP contribution in [0.4, 0.5) is 10.1 Å². The zero-order valence-electron chi connectivity index (χ0n) is 14.3. The molecule has 0 fully saturated rings. The molecule has 0 N–H and O–H groups in total. The minimum atomic E-state index is -0.470. The van der Waals surface area contributed by atoms with Crippen molar-refractivity contribution < 1.29 is 13.8 Å². The van der Waals surface area contributed by atoms with Gasteiger partial charge in [0.05, 0.1) is 11.5 Å². The van der Waals surface area contributed by atoms with Gasteiger partial charge in [0.1, 0.15) is 5.82 Å². The molecule has 0 saturated carbocycles. The van der Waals surface area contributed by atoms with Gasteiger partial charge in [0.2, 0.25) is 11.7 Å². The van der Waals surface area contributed by atoms with Crippen molar-refractivity contribution in [3.05, 3.63) is 75.9 Å². The molecule has 0 bridgehead atoms. The lowest BCUT2D eigenvalue weighted by atomic mass is 10.1. The molecule has 0 aliphatic carbocycles. The number of aromatic nitrogens is 2. The molecule has 0 radical (unpaired) electrons. The summed E-state index contributed by atoms with van der Waals surface area (Å²) in [5.74, 6) is 0.414. The first-order valence-electron chi connectivity index (χ1n) is 7.97. The summed E-state index contributed by atoms with van der Waals surface area (Å²) in [6.45, 7) is 2.38. The topological polar surface area (TPSA) is 85.3 Å². The maximum atomic E-state index is 13.1. The molecule has 0 aliphatic rings. The van der Waals surface area contributed by atoms with Crippen molar-refractivity contribution in [2.24, 2.45) is 0 Å². The van der Waals surface area contributed by atoms with E-state index in [-0.39, 0.29) is 17.5 Å². The zero-order valence-corrected chi connectivity index (χ0v) is 14.3. The lowest BCUT2D eigenvalue weighted by molar-refractivity contribution is -0.384. The summed E-state index contributed by atoms with van der Waals surface area (Å²) in [6.07, 6.45) is 0. The molecule has 8 heteroatoms. The van der Waals surface area contributed by atoms with Crippen LogP contribution < -0.4 is 0 Å². The largest absolute Gasteiger partial charge is 0.338 e. The molecule has 1 unspecified atom stereocenters. The lowest BCUT2D eigenvalue weighted by Gasteiger charge is -2.23. The van der Waals surface area contributed by atoms with Crippen molar-refractivity contribution in [2.75, 3.05) is 7.05 Å². The summed E-state index contributed by atoms with van der Waals surface area (Å²) in [5, 5.41) is 14.8. The van der Waals surface area contributed by atoms with Gasteiger partial charge in [0.25, 0.3) is 5.69 Å². The number of halogens is 1. The maximum Gasteiger partial charge on any atom is 0.270 e. The smallest absolute Gasteiger partial charge is 0.270 e. The first-order chi connectivity index (χ1) is 12.4. The van der Waals surface area contributed by atoms with Gasteiger partial charge < -0.3 is 4.52 Å². The summed E-state index contributed by atoms with van der Waals surface area (Å²) in [4.78, 5) is 16.7. The Bertz CT molecular complexity index is 911. The van der Waals surface area contributed by atoms with Gasteiger partial charge in [-0.15, -0.1) is 0 Å². The SMILES string of the molecule is CC(c1ccc(F)cc1)N(C)Cc1nc(-c2cccc([N+](=O)[O-])c2)no1. The first kappa shape index (κ1) is 17.7. The fourth-order valence-electron chi connectivity index (χ4n) is 2.54. The van der Waals surface area contributed by atoms with Crippen LogP contribution in [0.1, 0.15) is 24.4 Å². The fraction of sp³-hybridized carbons (Fsp3) is 0.222. The average Bonchev–Trinajstić information content (AvgIpc) is 3.10. The van der Waals surface area contributed by atoms with E-state index in [2.05, 4.69) is 10.1 Å². The Hall–Kier alpha value is -3.13. The third-order valence-corrected chi connectivity index (χ3v) is 4.18. The third kappa shape index (κ3) is 3.92. The predicted molar refractivity (Wildman–Crippen MR) is 92.7 cm³/mol. The summed E-state index contributed by atoms with van der Waals surface area (Å²) in [6, 6.07) is 12.4. The van der Waals surface area contributed by atoms with Crippen LogP contribution in [0.15, 0.2) is 53.1 Å². The molecule has 3 rings (SSSR count). The van der Waals surface area contributed by atoms with Gasteiger partial charge in [-0.25, -0.2) is 4.39 Å². The van der Waals surface area contributed by atoms with E-state index >= 15 is 0 Å². The van der Waals surface area contributed by atoms with Crippen LogP contribution in [0.3, 0.4) is 0 Å². The van der Waals surface area contributed by atoms with Gasteiger partial charge in [-0.1, -0.05) is 29.4 Å². The molecule has 1 heterocycles.